The smallest absolute Gasteiger partial charge is 0.258 e. The van der Waals surface area contributed by atoms with E-state index in [1.165, 1.54) is 0 Å². The van der Waals surface area contributed by atoms with Gasteiger partial charge in [-0.25, -0.2) is 0 Å². The summed E-state index contributed by atoms with van der Waals surface area (Å²) in [6.07, 6.45) is 0.869. The molecule has 0 aromatic heterocycles. The largest absolute Gasteiger partial charge is 0.497 e. The number of carbonyl (C=O) groups is 1. The number of amides is 1. The second kappa shape index (κ2) is 10.8. The number of nitrogens with one attached hydrogen (secondary N) is 1. The molecule has 2 aromatic carbocycles. The number of ether oxygens (including phenoxy) is 3. The summed E-state index contributed by atoms with van der Waals surface area (Å²) >= 11 is 0. The van der Waals surface area contributed by atoms with Crippen LogP contribution in [-0.2, 0) is 16.0 Å². The molecule has 1 atom stereocenters. The molecule has 1 amide bonds. The number of para-hydroxylation sites is 1. The third-order valence-electron chi connectivity index (χ3n) is 5.19. The van der Waals surface area contributed by atoms with Crippen molar-refractivity contribution in [3.05, 3.63) is 59.7 Å². The number of rotatable bonds is 9. The predicted octanol–water partition coefficient (Wildman–Crippen LogP) is 2.83. The maximum absolute atomic E-state index is 12.4. The fourth-order valence-electron chi connectivity index (χ4n) is 3.51. The highest BCUT2D eigenvalue weighted by Gasteiger charge is 2.23. The van der Waals surface area contributed by atoms with E-state index in [9.17, 15) is 4.79 Å². The van der Waals surface area contributed by atoms with E-state index >= 15 is 0 Å². The zero-order valence-electron chi connectivity index (χ0n) is 17.2. The zero-order valence-corrected chi connectivity index (χ0v) is 17.2. The van der Waals surface area contributed by atoms with Gasteiger partial charge in [0.2, 0.25) is 0 Å². The first-order valence-electron chi connectivity index (χ1n) is 10.1. The Morgan fingerprint density at radius 1 is 1.14 bits per heavy atom. The number of carbonyl (C=O) groups excluding carboxylic acids is 1. The number of hydrogen-bond acceptors (Lipinski definition) is 5. The lowest BCUT2D eigenvalue weighted by Gasteiger charge is -2.35. The predicted molar refractivity (Wildman–Crippen MR) is 112 cm³/mol. The Morgan fingerprint density at radius 2 is 1.86 bits per heavy atom. The van der Waals surface area contributed by atoms with Crippen LogP contribution in [0.15, 0.2) is 48.5 Å². The molecule has 1 heterocycles. The Hall–Kier alpha value is -2.57. The van der Waals surface area contributed by atoms with Crippen LogP contribution >= 0.6 is 0 Å². The average Bonchev–Trinajstić information content (AvgIpc) is 2.79. The molecule has 6 heteroatoms. The van der Waals surface area contributed by atoms with Crippen LogP contribution in [0.5, 0.6) is 11.5 Å². The Labute approximate surface area is 172 Å². The standard InChI is InChI=1S/C23H30N2O4/c1-3-18-6-4-5-7-22(18)29-17-23(26)24-16-21(25-12-14-28-15-13-25)19-8-10-20(27-2)11-9-19/h4-11,21H,3,12-17H2,1-2H3,(H,24,26). The van der Waals surface area contributed by atoms with Gasteiger partial charge in [-0.2, -0.15) is 0 Å². The maximum Gasteiger partial charge on any atom is 0.258 e. The molecule has 1 saturated heterocycles. The van der Waals surface area contributed by atoms with Crippen LogP contribution in [0.4, 0.5) is 0 Å². The van der Waals surface area contributed by atoms with Crippen molar-refractivity contribution in [2.24, 2.45) is 0 Å². The number of aryl methyl sites for hydroxylation is 1. The molecule has 0 saturated carbocycles. The van der Waals surface area contributed by atoms with Gasteiger partial charge in [-0.3, -0.25) is 9.69 Å². The third kappa shape index (κ3) is 5.95. The molecule has 156 valence electrons. The molecular weight excluding hydrogens is 368 g/mol. The lowest BCUT2D eigenvalue weighted by atomic mass is 10.0. The molecular formula is C23H30N2O4. The van der Waals surface area contributed by atoms with Crippen molar-refractivity contribution in [3.63, 3.8) is 0 Å². The monoisotopic (exact) mass is 398 g/mol. The van der Waals surface area contributed by atoms with Crippen LogP contribution in [0.2, 0.25) is 0 Å². The first kappa shape index (κ1) is 21.1. The van der Waals surface area contributed by atoms with Gasteiger partial charge in [-0.15, -0.1) is 0 Å². The second-order valence-electron chi connectivity index (χ2n) is 6.99. The van der Waals surface area contributed by atoms with Crippen molar-refractivity contribution in [3.8, 4) is 11.5 Å². The molecule has 3 rings (SSSR count). The quantitative estimate of drug-likeness (QED) is 0.704. The molecule has 1 N–H and O–H groups in total. The lowest BCUT2D eigenvalue weighted by molar-refractivity contribution is -0.123. The van der Waals surface area contributed by atoms with E-state index in [1.54, 1.807) is 7.11 Å². The van der Waals surface area contributed by atoms with Gasteiger partial charge >= 0.3 is 0 Å². The van der Waals surface area contributed by atoms with Gasteiger partial charge in [0.1, 0.15) is 11.5 Å². The van der Waals surface area contributed by atoms with E-state index in [0.29, 0.717) is 19.8 Å². The minimum Gasteiger partial charge on any atom is -0.497 e. The molecule has 2 aromatic rings. The van der Waals surface area contributed by atoms with Gasteiger partial charge < -0.3 is 19.5 Å². The molecule has 1 unspecified atom stereocenters. The van der Waals surface area contributed by atoms with Gasteiger partial charge in [0.05, 0.1) is 26.4 Å². The number of benzene rings is 2. The maximum atomic E-state index is 12.4. The average molecular weight is 399 g/mol. The summed E-state index contributed by atoms with van der Waals surface area (Å²) < 4.78 is 16.5. The summed E-state index contributed by atoms with van der Waals surface area (Å²) in [5.41, 5.74) is 2.25. The third-order valence-corrected chi connectivity index (χ3v) is 5.19. The summed E-state index contributed by atoms with van der Waals surface area (Å²) in [5, 5.41) is 3.04. The lowest BCUT2D eigenvalue weighted by Crippen LogP contribution is -2.44. The normalized spacial score (nSPS) is 15.5. The fraction of sp³-hybridized carbons (Fsp3) is 0.435. The van der Waals surface area contributed by atoms with Gasteiger partial charge in [0, 0.05) is 19.6 Å². The summed E-state index contributed by atoms with van der Waals surface area (Å²) in [6.45, 7) is 5.69. The van der Waals surface area contributed by atoms with Gasteiger partial charge in [-0.05, 0) is 35.7 Å². The molecule has 6 nitrogen and oxygen atoms in total. The van der Waals surface area contributed by atoms with Crippen molar-refractivity contribution in [1.82, 2.24) is 10.2 Å². The van der Waals surface area contributed by atoms with Gasteiger partial charge in [0.15, 0.2) is 6.61 Å². The van der Waals surface area contributed by atoms with Gasteiger partial charge in [0.25, 0.3) is 5.91 Å². The van der Waals surface area contributed by atoms with Crippen LogP contribution in [0.3, 0.4) is 0 Å². The molecule has 29 heavy (non-hydrogen) atoms. The topological polar surface area (TPSA) is 60.0 Å². The van der Waals surface area contributed by atoms with Gasteiger partial charge in [-0.1, -0.05) is 37.3 Å². The van der Waals surface area contributed by atoms with Crippen molar-refractivity contribution in [1.29, 1.82) is 0 Å². The SMILES string of the molecule is CCc1ccccc1OCC(=O)NCC(c1ccc(OC)cc1)N1CCOCC1. The van der Waals surface area contributed by atoms with Crippen molar-refractivity contribution < 1.29 is 19.0 Å². The van der Waals surface area contributed by atoms with E-state index in [1.807, 2.05) is 36.4 Å². The van der Waals surface area contributed by atoms with Crippen LogP contribution in [-0.4, -0.2) is 57.4 Å². The van der Waals surface area contributed by atoms with Crippen molar-refractivity contribution in [2.75, 3.05) is 46.6 Å². The molecule has 0 spiro atoms. The number of methoxy groups -OCH3 is 1. The first-order valence-corrected chi connectivity index (χ1v) is 10.1. The van der Waals surface area contributed by atoms with Crippen molar-refractivity contribution in [2.45, 2.75) is 19.4 Å². The summed E-state index contributed by atoms with van der Waals surface area (Å²) in [5.74, 6) is 1.47. The first-order chi connectivity index (χ1) is 14.2. The van der Waals surface area contributed by atoms with E-state index in [-0.39, 0.29) is 18.6 Å². The van der Waals surface area contributed by atoms with E-state index in [0.717, 1.165) is 42.1 Å². The molecule has 0 radical (unpaired) electrons. The second-order valence-corrected chi connectivity index (χ2v) is 6.99. The highest BCUT2D eigenvalue weighted by molar-refractivity contribution is 5.77. The van der Waals surface area contributed by atoms with Crippen LogP contribution < -0.4 is 14.8 Å². The highest BCUT2D eigenvalue weighted by Crippen LogP contribution is 2.24. The minimum atomic E-state index is -0.123. The number of morpholine rings is 1. The zero-order chi connectivity index (χ0) is 20.5. The van der Waals surface area contributed by atoms with Crippen LogP contribution in [0, 0.1) is 0 Å². The minimum absolute atomic E-state index is 0.00938. The summed E-state index contributed by atoms with van der Waals surface area (Å²) in [7, 11) is 1.66. The van der Waals surface area contributed by atoms with E-state index in [2.05, 4.69) is 29.3 Å². The van der Waals surface area contributed by atoms with E-state index < -0.39 is 0 Å². The molecule has 0 aliphatic carbocycles. The summed E-state index contributed by atoms with van der Waals surface area (Å²) in [4.78, 5) is 14.8. The van der Waals surface area contributed by atoms with Crippen LogP contribution in [0.25, 0.3) is 0 Å². The van der Waals surface area contributed by atoms with Crippen molar-refractivity contribution >= 4 is 5.91 Å². The Bertz CT molecular complexity index is 773. The Morgan fingerprint density at radius 3 is 2.55 bits per heavy atom. The number of nitrogens with zero attached hydrogens (tertiary/aromatic N) is 1. The molecule has 0 bridgehead atoms. The molecule has 1 aliphatic heterocycles. The number of hydrogen-bond donors (Lipinski definition) is 1. The Balaban J connectivity index is 1.60. The summed E-state index contributed by atoms with van der Waals surface area (Å²) in [6, 6.07) is 15.9. The highest BCUT2D eigenvalue weighted by atomic mass is 16.5. The Kier molecular flexibility index (Phi) is 7.90. The van der Waals surface area contributed by atoms with E-state index in [4.69, 9.17) is 14.2 Å². The molecule has 1 aliphatic rings. The fourth-order valence-corrected chi connectivity index (χ4v) is 3.51. The molecule has 1 fully saturated rings. The van der Waals surface area contributed by atoms with Crippen LogP contribution in [0.1, 0.15) is 24.1 Å².